The zero-order valence-electron chi connectivity index (χ0n) is 8.75. The van der Waals surface area contributed by atoms with Crippen LogP contribution in [-0.2, 0) is 17.6 Å². The van der Waals surface area contributed by atoms with Crippen molar-refractivity contribution in [3.8, 4) is 0 Å². The van der Waals surface area contributed by atoms with Gasteiger partial charge in [0.1, 0.15) is 0 Å². The number of nitrogens with one attached hydrogen (secondary N) is 1. The van der Waals surface area contributed by atoms with E-state index in [1.165, 1.54) is 0 Å². The Morgan fingerprint density at radius 1 is 1.27 bits per heavy atom. The maximum absolute atomic E-state index is 11.1. The minimum absolute atomic E-state index is 0.178. The van der Waals surface area contributed by atoms with Gasteiger partial charge >= 0.3 is 0 Å². The van der Waals surface area contributed by atoms with Crippen molar-refractivity contribution >= 4 is 27.8 Å². The molecule has 1 aromatic rings. The van der Waals surface area contributed by atoms with Crippen LogP contribution in [0.15, 0.2) is 0 Å². The minimum Gasteiger partial charge on any atom is -0.292 e. The predicted octanol–water partition coefficient (Wildman–Crippen LogP) is 1.33. The quantitative estimate of drug-likeness (QED) is 0.840. The number of aromatic nitrogens is 3. The summed E-state index contributed by atoms with van der Waals surface area (Å²) in [6.07, 6.45) is 1.59. The molecule has 0 aliphatic rings. The summed E-state index contributed by atoms with van der Waals surface area (Å²) in [7, 11) is 0. The van der Waals surface area contributed by atoms with Gasteiger partial charge in [0.15, 0.2) is 0 Å². The molecule has 0 aliphatic heterocycles. The molecular formula is C9H13BrN4O. The number of nitrogens with zero attached hydrogens (tertiary/aromatic N) is 3. The standard InChI is InChI=1S/C9H13BrN4O/c1-3-6-7(4-2)13-14-9(11-6)12-8(15)5-10/h3-5H2,1-2H3,(H,11,12,14,15). The first-order valence-electron chi connectivity index (χ1n) is 4.79. The number of hydrogen-bond acceptors (Lipinski definition) is 4. The third-order valence-electron chi connectivity index (χ3n) is 1.88. The molecule has 0 aromatic carbocycles. The lowest BCUT2D eigenvalue weighted by molar-refractivity contribution is -0.113. The van der Waals surface area contributed by atoms with E-state index in [9.17, 15) is 4.79 Å². The summed E-state index contributed by atoms with van der Waals surface area (Å²) in [6.45, 7) is 4.00. The zero-order valence-corrected chi connectivity index (χ0v) is 10.3. The van der Waals surface area contributed by atoms with Gasteiger partial charge in [-0.3, -0.25) is 10.1 Å². The Balaban J connectivity index is 2.88. The number of rotatable bonds is 4. The normalized spacial score (nSPS) is 10.1. The number of carbonyl (C=O) groups excluding carboxylic acids is 1. The lowest BCUT2D eigenvalue weighted by Crippen LogP contribution is -2.16. The van der Waals surface area contributed by atoms with Crippen molar-refractivity contribution in [3.05, 3.63) is 11.4 Å². The average molecular weight is 273 g/mol. The fraction of sp³-hybridized carbons (Fsp3) is 0.556. The lowest BCUT2D eigenvalue weighted by Gasteiger charge is -2.05. The van der Waals surface area contributed by atoms with E-state index in [0.717, 1.165) is 24.2 Å². The number of hydrogen-bond donors (Lipinski definition) is 1. The van der Waals surface area contributed by atoms with E-state index < -0.39 is 0 Å². The SMILES string of the molecule is CCc1nnc(NC(=O)CBr)nc1CC. The van der Waals surface area contributed by atoms with Crippen LogP contribution in [0.3, 0.4) is 0 Å². The first-order valence-corrected chi connectivity index (χ1v) is 5.91. The van der Waals surface area contributed by atoms with Crippen LogP contribution >= 0.6 is 15.9 Å². The molecule has 1 aromatic heterocycles. The Morgan fingerprint density at radius 3 is 2.47 bits per heavy atom. The number of alkyl halides is 1. The second-order valence-electron chi connectivity index (χ2n) is 2.92. The first kappa shape index (κ1) is 12.0. The van der Waals surface area contributed by atoms with Gasteiger partial charge in [-0.2, -0.15) is 0 Å². The molecule has 5 nitrogen and oxygen atoms in total. The number of anilines is 1. The van der Waals surface area contributed by atoms with E-state index in [0.29, 0.717) is 0 Å². The molecule has 1 N–H and O–H groups in total. The monoisotopic (exact) mass is 272 g/mol. The topological polar surface area (TPSA) is 67.8 Å². The summed E-state index contributed by atoms with van der Waals surface area (Å²) in [6, 6.07) is 0. The fourth-order valence-electron chi connectivity index (χ4n) is 1.15. The van der Waals surface area contributed by atoms with Gasteiger partial charge in [0.2, 0.25) is 11.9 Å². The highest BCUT2D eigenvalue weighted by Gasteiger charge is 2.07. The summed E-state index contributed by atoms with van der Waals surface area (Å²) in [5, 5.41) is 10.6. The lowest BCUT2D eigenvalue weighted by atomic mass is 10.2. The van der Waals surface area contributed by atoms with E-state index in [4.69, 9.17) is 0 Å². The first-order chi connectivity index (χ1) is 7.21. The van der Waals surface area contributed by atoms with Crippen molar-refractivity contribution in [2.24, 2.45) is 0 Å². The zero-order chi connectivity index (χ0) is 11.3. The molecular weight excluding hydrogens is 260 g/mol. The Bertz CT molecular complexity index is 356. The van der Waals surface area contributed by atoms with Crippen LogP contribution in [0.5, 0.6) is 0 Å². The molecule has 0 atom stereocenters. The summed E-state index contributed by atoms with van der Waals surface area (Å²) in [4.78, 5) is 15.3. The van der Waals surface area contributed by atoms with Crippen LogP contribution in [0.1, 0.15) is 25.2 Å². The van der Waals surface area contributed by atoms with Gasteiger partial charge in [0.05, 0.1) is 16.7 Å². The van der Waals surface area contributed by atoms with E-state index >= 15 is 0 Å². The molecule has 0 saturated heterocycles. The maximum atomic E-state index is 11.1. The summed E-state index contributed by atoms with van der Waals surface area (Å²) >= 11 is 3.05. The van der Waals surface area contributed by atoms with Gasteiger partial charge < -0.3 is 0 Å². The van der Waals surface area contributed by atoms with Crippen molar-refractivity contribution in [2.45, 2.75) is 26.7 Å². The molecule has 0 radical (unpaired) electrons. The molecule has 0 saturated carbocycles. The molecule has 0 unspecified atom stereocenters. The van der Waals surface area contributed by atoms with E-state index in [1.807, 2.05) is 13.8 Å². The summed E-state index contributed by atoms with van der Waals surface area (Å²) in [5.74, 6) is 0.0941. The van der Waals surface area contributed by atoms with E-state index in [2.05, 4.69) is 36.4 Å². The van der Waals surface area contributed by atoms with Crippen molar-refractivity contribution in [1.82, 2.24) is 15.2 Å². The third-order valence-corrected chi connectivity index (χ3v) is 2.39. The van der Waals surface area contributed by atoms with E-state index in [-0.39, 0.29) is 17.2 Å². The Morgan fingerprint density at radius 2 is 1.93 bits per heavy atom. The third kappa shape index (κ3) is 3.23. The van der Waals surface area contributed by atoms with Crippen LogP contribution in [-0.4, -0.2) is 26.4 Å². The molecule has 15 heavy (non-hydrogen) atoms. The molecule has 1 rings (SSSR count). The van der Waals surface area contributed by atoms with Gasteiger partial charge in [0.25, 0.3) is 0 Å². The van der Waals surface area contributed by atoms with Crippen molar-refractivity contribution in [2.75, 3.05) is 10.6 Å². The number of carbonyl (C=O) groups is 1. The van der Waals surface area contributed by atoms with Gasteiger partial charge in [-0.25, -0.2) is 4.98 Å². The largest absolute Gasteiger partial charge is 0.292 e. The number of aryl methyl sites for hydroxylation is 2. The average Bonchev–Trinajstić information content (AvgIpc) is 2.28. The Kier molecular flexibility index (Phi) is 4.61. The van der Waals surface area contributed by atoms with Crippen LogP contribution in [0.4, 0.5) is 5.95 Å². The molecule has 0 bridgehead atoms. The van der Waals surface area contributed by atoms with Gasteiger partial charge in [-0.1, -0.05) is 29.8 Å². The van der Waals surface area contributed by atoms with Crippen LogP contribution in [0, 0.1) is 0 Å². The van der Waals surface area contributed by atoms with Crippen LogP contribution < -0.4 is 5.32 Å². The van der Waals surface area contributed by atoms with Crippen molar-refractivity contribution < 1.29 is 4.79 Å². The highest BCUT2D eigenvalue weighted by Crippen LogP contribution is 2.06. The maximum Gasteiger partial charge on any atom is 0.249 e. The molecule has 6 heteroatoms. The Labute approximate surface area is 96.8 Å². The highest BCUT2D eigenvalue weighted by molar-refractivity contribution is 9.09. The molecule has 82 valence electrons. The van der Waals surface area contributed by atoms with Crippen molar-refractivity contribution in [1.29, 1.82) is 0 Å². The van der Waals surface area contributed by atoms with Gasteiger partial charge in [-0.05, 0) is 12.8 Å². The molecule has 0 spiro atoms. The number of halogens is 1. The molecule has 1 amide bonds. The minimum atomic E-state index is -0.178. The second kappa shape index (κ2) is 5.75. The summed E-state index contributed by atoms with van der Waals surface area (Å²) < 4.78 is 0. The van der Waals surface area contributed by atoms with Crippen LogP contribution in [0.2, 0.25) is 0 Å². The van der Waals surface area contributed by atoms with Crippen LogP contribution in [0.25, 0.3) is 0 Å². The molecule has 0 fully saturated rings. The predicted molar refractivity (Wildman–Crippen MR) is 61.0 cm³/mol. The number of amides is 1. The Hall–Kier alpha value is -1.04. The summed E-state index contributed by atoms with van der Waals surface area (Å²) in [5.41, 5.74) is 1.77. The fourth-order valence-corrected chi connectivity index (χ4v) is 1.29. The van der Waals surface area contributed by atoms with Crippen molar-refractivity contribution in [3.63, 3.8) is 0 Å². The smallest absolute Gasteiger partial charge is 0.249 e. The molecule has 0 aliphatic carbocycles. The van der Waals surface area contributed by atoms with Gasteiger partial charge in [-0.15, -0.1) is 10.2 Å². The second-order valence-corrected chi connectivity index (χ2v) is 3.48. The molecule has 1 heterocycles. The van der Waals surface area contributed by atoms with Gasteiger partial charge in [0, 0.05) is 0 Å². The van der Waals surface area contributed by atoms with E-state index in [1.54, 1.807) is 0 Å². The highest BCUT2D eigenvalue weighted by atomic mass is 79.9.